The van der Waals surface area contributed by atoms with Gasteiger partial charge in [-0.2, -0.15) is 0 Å². The van der Waals surface area contributed by atoms with Crippen LogP contribution in [-0.2, 0) is 4.74 Å². The van der Waals surface area contributed by atoms with Crippen LogP contribution in [0.2, 0.25) is 0 Å². The van der Waals surface area contributed by atoms with Gasteiger partial charge in [-0.3, -0.25) is 4.79 Å². The number of thiazole rings is 1. The molecule has 1 heterocycles. The van der Waals surface area contributed by atoms with Crippen LogP contribution >= 0.6 is 11.3 Å². The number of carbonyl (C=O) groups excluding carboxylic acids is 1. The third kappa shape index (κ3) is 2.83. The lowest BCUT2D eigenvalue weighted by molar-refractivity contribution is 0.0599. The number of nitrogens with zero attached hydrogens (tertiary/aromatic N) is 1. The van der Waals surface area contributed by atoms with Crippen LogP contribution in [0.5, 0.6) is 0 Å². The zero-order chi connectivity index (χ0) is 13.9. The van der Waals surface area contributed by atoms with E-state index in [0.717, 1.165) is 41.5 Å². The van der Waals surface area contributed by atoms with E-state index in [4.69, 9.17) is 4.74 Å². The van der Waals surface area contributed by atoms with E-state index in [1.54, 1.807) is 24.0 Å². The van der Waals surface area contributed by atoms with Crippen LogP contribution in [0.15, 0.2) is 23.7 Å². The van der Waals surface area contributed by atoms with E-state index in [-0.39, 0.29) is 11.9 Å². The Labute approximate surface area is 122 Å². The van der Waals surface area contributed by atoms with Crippen molar-refractivity contribution in [1.29, 1.82) is 0 Å². The van der Waals surface area contributed by atoms with Gasteiger partial charge in [-0.05, 0) is 43.9 Å². The highest BCUT2D eigenvalue weighted by Crippen LogP contribution is 2.22. The second kappa shape index (κ2) is 5.89. The molecule has 0 radical (unpaired) electrons. The molecule has 0 atom stereocenters. The molecule has 4 nitrogen and oxygen atoms in total. The number of hydrogen-bond acceptors (Lipinski definition) is 4. The molecule has 0 bridgehead atoms. The Bertz CT molecular complexity index is 603. The smallest absolute Gasteiger partial charge is 0.251 e. The minimum absolute atomic E-state index is 0.0150. The van der Waals surface area contributed by atoms with Crippen LogP contribution in [0, 0.1) is 0 Å². The summed E-state index contributed by atoms with van der Waals surface area (Å²) in [5.74, 6) is 0.0150. The third-order valence-corrected chi connectivity index (χ3v) is 4.73. The van der Waals surface area contributed by atoms with Gasteiger partial charge in [-0.1, -0.05) is 0 Å². The molecule has 1 N–H and O–H groups in total. The van der Waals surface area contributed by atoms with Crippen molar-refractivity contribution >= 4 is 27.5 Å². The summed E-state index contributed by atoms with van der Waals surface area (Å²) < 4.78 is 6.41. The van der Waals surface area contributed by atoms with Crippen LogP contribution in [0.1, 0.15) is 36.0 Å². The highest BCUT2D eigenvalue weighted by Gasteiger charge is 2.22. The Balaban J connectivity index is 1.64. The molecule has 0 unspecified atom stereocenters. The first-order chi connectivity index (χ1) is 9.76. The highest BCUT2D eigenvalue weighted by molar-refractivity contribution is 7.16. The third-order valence-electron chi connectivity index (χ3n) is 3.94. The van der Waals surface area contributed by atoms with Gasteiger partial charge in [0.25, 0.3) is 5.91 Å². The molecule has 1 amide bonds. The highest BCUT2D eigenvalue weighted by atomic mass is 32.1. The van der Waals surface area contributed by atoms with E-state index in [0.29, 0.717) is 6.10 Å². The van der Waals surface area contributed by atoms with Gasteiger partial charge in [0.2, 0.25) is 0 Å². The summed E-state index contributed by atoms with van der Waals surface area (Å²) in [6.45, 7) is 0. The molecule has 1 saturated carbocycles. The van der Waals surface area contributed by atoms with Crippen molar-refractivity contribution in [3.05, 3.63) is 29.3 Å². The van der Waals surface area contributed by atoms with Crippen LogP contribution in [-0.4, -0.2) is 30.1 Å². The zero-order valence-corrected chi connectivity index (χ0v) is 12.3. The number of benzene rings is 1. The second-order valence-electron chi connectivity index (χ2n) is 5.22. The lowest BCUT2D eigenvalue weighted by Gasteiger charge is -2.28. The predicted molar refractivity (Wildman–Crippen MR) is 80.1 cm³/mol. The number of aromatic nitrogens is 1. The molecule has 1 fully saturated rings. The van der Waals surface area contributed by atoms with E-state index >= 15 is 0 Å². The number of ether oxygens (including phenoxy) is 1. The fourth-order valence-corrected chi connectivity index (χ4v) is 3.42. The maximum Gasteiger partial charge on any atom is 0.251 e. The van der Waals surface area contributed by atoms with Gasteiger partial charge in [-0.25, -0.2) is 4.98 Å². The molecule has 3 rings (SSSR count). The lowest BCUT2D eigenvalue weighted by atomic mass is 9.93. The number of methoxy groups -OCH3 is 1. The first kappa shape index (κ1) is 13.5. The Hall–Kier alpha value is -1.46. The van der Waals surface area contributed by atoms with Crippen molar-refractivity contribution in [2.24, 2.45) is 0 Å². The topological polar surface area (TPSA) is 51.2 Å². The number of carbonyl (C=O) groups is 1. The molecule has 0 spiro atoms. The number of nitrogens with one attached hydrogen (secondary N) is 1. The summed E-state index contributed by atoms with van der Waals surface area (Å²) >= 11 is 1.56. The van der Waals surface area contributed by atoms with Gasteiger partial charge in [0, 0.05) is 18.7 Å². The van der Waals surface area contributed by atoms with Crippen LogP contribution in [0.4, 0.5) is 0 Å². The molecule has 1 aromatic heterocycles. The van der Waals surface area contributed by atoms with Gasteiger partial charge in [0.1, 0.15) is 0 Å². The van der Waals surface area contributed by atoms with E-state index in [1.165, 1.54) is 0 Å². The minimum Gasteiger partial charge on any atom is -0.381 e. The Morgan fingerprint density at radius 2 is 2.15 bits per heavy atom. The first-order valence-corrected chi connectivity index (χ1v) is 7.81. The Morgan fingerprint density at radius 1 is 1.35 bits per heavy atom. The number of fused-ring (bicyclic) bond motifs is 1. The molecule has 1 aliphatic rings. The molecule has 1 aliphatic carbocycles. The van der Waals surface area contributed by atoms with Crippen molar-refractivity contribution in [3.63, 3.8) is 0 Å². The fourth-order valence-electron chi connectivity index (χ4n) is 2.71. The molecule has 0 aliphatic heterocycles. The van der Waals surface area contributed by atoms with E-state index in [2.05, 4.69) is 10.3 Å². The standard InChI is InChI=1S/C15H18N2O2S/c1-19-12-5-3-11(4-6-12)17-15(18)10-2-7-13-14(8-10)20-9-16-13/h2,7-9,11-12H,3-6H2,1H3,(H,17,18). The summed E-state index contributed by atoms with van der Waals surface area (Å²) in [6, 6.07) is 5.94. The van der Waals surface area contributed by atoms with Gasteiger partial charge in [-0.15, -0.1) is 11.3 Å². The van der Waals surface area contributed by atoms with Crippen LogP contribution < -0.4 is 5.32 Å². The van der Waals surface area contributed by atoms with Gasteiger partial charge >= 0.3 is 0 Å². The summed E-state index contributed by atoms with van der Waals surface area (Å²) in [5.41, 5.74) is 3.47. The lowest BCUT2D eigenvalue weighted by Crippen LogP contribution is -2.38. The van der Waals surface area contributed by atoms with E-state index in [1.807, 2.05) is 18.2 Å². The van der Waals surface area contributed by atoms with Crippen LogP contribution in [0.25, 0.3) is 10.2 Å². The number of rotatable bonds is 3. The van der Waals surface area contributed by atoms with Crippen molar-refractivity contribution in [2.75, 3.05) is 7.11 Å². The maximum atomic E-state index is 12.3. The molecule has 106 valence electrons. The Kier molecular flexibility index (Phi) is 3.98. The zero-order valence-electron chi connectivity index (χ0n) is 11.5. The van der Waals surface area contributed by atoms with Gasteiger partial charge in [0.05, 0.1) is 21.8 Å². The predicted octanol–water partition coefficient (Wildman–Crippen LogP) is 2.98. The monoisotopic (exact) mass is 290 g/mol. The van der Waals surface area contributed by atoms with Crippen molar-refractivity contribution in [1.82, 2.24) is 10.3 Å². The molecule has 20 heavy (non-hydrogen) atoms. The second-order valence-corrected chi connectivity index (χ2v) is 6.10. The molecule has 5 heteroatoms. The molecular formula is C15H18N2O2S. The quantitative estimate of drug-likeness (QED) is 0.945. The average Bonchev–Trinajstić information content (AvgIpc) is 2.95. The van der Waals surface area contributed by atoms with Crippen molar-refractivity contribution < 1.29 is 9.53 Å². The van der Waals surface area contributed by atoms with E-state index in [9.17, 15) is 4.79 Å². The van der Waals surface area contributed by atoms with Crippen molar-refractivity contribution in [2.45, 2.75) is 37.8 Å². The SMILES string of the molecule is COC1CCC(NC(=O)c2ccc3ncsc3c2)CC1. The minimum atomic E-state index is 0.0150. The fraction of sp³-hybridized carbons (Fsp3) is 0.467. The molecular weight excluding hydrogens is 272 g/mol. The largest absolute Gasteiger partial charge is 0.381 e. The number of amides is 1. The summed E-state index contributed by atoms with van der Waals surface area (Å²) in [5, 5.41) is 3.13. The maximum absolute atomic E-state index is 12.3. The molecule has 0 saturated heterocycles. The summed E-state index contributed by atoms with van der Waals surface area (Å²) in [6.07, 6.45) is 4.39. The normalized spacial score (nSPS) is 22.9. The Morgan fingerprint density at radius 3 is 2.90 bits per heavy atom. The van der Waals surface area contributed by atoms with Crippen LogP contribution in [0.3, 0.4) is 0 Å². The summed E-state index contributed by atoms with van der Waals surface area (Å²) in [7, 11) is 1.76. The summed E-state index contributed by atoms with van der Waals surface area (Å²) in [4.78, 5) is 16.5. The molecule has 2 aromatic rings. The van der Waals surface area contributed by atoms with Gasteiger partial charge in [0.15, 0.2) is 0 Å². The first-order valence-electron chi connectivity index (χ1n) is 6.93. The van der Waals surface area contributed by atoms with E-state index < -0.39 is 0 Å². The van der Waals surface area contributed by atoms with Crippen molar-refractivity contribution in [3.8, 4) is 0 Å². The average molecular weight is 290 g/mol. The van der Waals surface area contributed by atoms with Gasteiger partial charge < -0.3 is 10.1 Å². The number of hydrogen-bond donors (Lipinski definition) is 1. The molecule has 1 aromatic carbocycles.